The van der Waals surface area contributed by atoms with Crippen LogP contribution in [0.3, 0.4) is 0 Å². The first kappa shape index (κ1) is 15.0. The van der Waals surface area contributed by atoms with Gasteiger partial charge in [0.1, 0.15) is 6.04 Å². The number of likely N-dealkylation sites (tertiary alicyclic amines) is 1. The van der Waals surface area contributed by atoms with Crippen molar-refractivity contribution in [1.82, 2.24) is 10.2 Å². The zero-order chi connectivity index (χ0) is 14.5. The van der Waals surface area contributed by atoms with Gasteiger partial charge in [-0.25, -0.2) is 0 Å². The number of hydrogen-bond acceptors (Lipinski definition) is 4. The van der Waals surface area contributed by atoms with Crippen molar-refractivity contribution in [2.45, 2.75) is 38.3 Å². The highest BCUT2D eigenvalue weighted by molar-refractivity contribution is 7.07. The molecule has 1 aliphatic rings. The molecule has 110 valence electrons. The second-order valence-corrected chi connectivity index (χ2v) is 5.71. The van der Waals surface area contributed by atoms with E-state index in [0.717, 1.165) is 12.0 Å². The SMILES string of the molecule is CCC(C(=O)NCC(O)c1ccsc1)N1CCCC1=O. The van der Waals surface area contributed by atoms with Crippen LogP contribution in [0.15, 0.2) is 16.8 Å². The first-order valence-corrected chi connectivity index (χ1v) is 7.85. The van der Waals surface area contributed by atoms with Gasteiger partial charge >= 0.3 is 0 Å². The molecule has 2 heterocycles. The molecule has 0 saturated carbocycles. The van der Waals surface area contributed by atoms with Crippen molar-refractivity contribution in [3.8, 4) is 0 Å². The molecule has 5 nitrogen and oxygen atoms in total. The molecule has 1 aromatic heterocycles. The van der Waals surface area contributed by atoms with E-state index in [9.17, 15) is 14.7 Å². The van der Waals surface area contributed by atoms with Crippen LogP contribution in [0.1, 0.15) is 37.9 Å². The fourth-order valence-electron chi connectivity index (χ4n) is 2.44. The highest BCUT2D eigenvalue weighted by Crippen LogP contribution is 2.17. The molecule has 0 bridgehead atoms. The lowest BCUT2D eigenvalue weighted by atomic mass is 10.1. The summed E-state index contributed by atoms with van der Waals surface area (Å²) in [5.41, 5.74) is 0.806. The lowest BCUT2D eigenvalue weighted by Gasteiger charge is -2.26. The Balaban J connectivity index is 1.88. The standard InChI is InChI=1S/C14H20N2O3S/c1-2-11(16-6-3-4-13(16)18)14(19)15-8-12(17)10-5-7-20-9-10/h5,7,9,11-12,17H,2-4,6,8H2,1H3,(H,15,19). The Kier molecular flexibility index (Phi) is 5.14. The zero-order valence-corrected chi connectivity index (χ0v) is 12.4. The van der Waals surface area contributed by atoms with Gasteiger partial charge in [-0.15, -0.1) is 0 Å². The van der Waals surface area contributed by atoms with Gasteiger partial charge < -0.3 is 15.3 Å². The fraction of sp³-hybridized carbons (Fsp3) is 0.571. The van der Waals surface area contributed by atoms with Crippen LogP contribution >= 0.6 is 11.3 Å². The average molecular weight is 296 g/mol. The Labute approximate surface area is 122 Å². The van der Waals surface area contributed by atoms with Gasteiger partial charge in [-0.05, 0) is 35.2 Å². The summed E-state index contributed by atoms with van der Waals surface area (Å²) in [4.78, 5) is 25.5. The zero-order valence-electron chi connectivity index (χ0n) is 11.5. The van der Waals surface area contributed by atoms with Crippen LogP contribution in [0.2, 0.25) is 0 Å². The molecule has 0 aromatic carbocycles. The summed E-state index contributed by atoms with van der Waals surface area (Å²) in [7, 11) is 0. The third-order valence-corrected chi connectivity index (χ3v) is 4.27. The molecule has 0 spiro atoms. The Hall–Kier alpha value is -1.40. The van der Waals surface area contributed by atoms with Crippen LogP contribution in [-0.4, -0.2) is 41.0 Å². The largest absolute Gasteiger partial charge is 0.387 e. The predicted octanol–water partition coefficient (Wildman–Crippen LogP) is 1.30. The Morgan fingerprint density at radius 2 is 2.40 bits per heavy atom. The lowest BCUT2D eigenvalue weighted by Crippen LogP contribution is -2.47. The van der Waals surface area contributed by atoms with Crippen molar-refractivity contribution in [2.75, 3.05) is 13.1 Å². The third-order valence-electron chi connectivity index (χ3n) is 3.57. The molecule has 2 atom stereocenters. The van der Waals surface area contributed by atoms with Gasteiger partial charge in [0.2, 0.25) is 11.8 Å². The summed E-state index contributed by atoms with van der Waals surface area (Å²) in [5.74, 6) is -0.137. The van der Waals surface area contributed by atoms with E-state index in [1.807, 2.05) is 23.8 Å². The molecule has 2 N–H and O–H groups in total. The molecule has 2 amide bonds. The second-order valence-electron chi connectivity index (χ2n) is 4.93. The van der Waals surface area contributed by atoms with E-state index >= 15 is 0 Å². The van der Waals surface area contributed by atoms with E-state index in [0.29, 0.717) is 19.4 Å². The predicted molar refractivity (Wildman–Crippen MR) is 77.3 cm³/mol. The van der Waals surface area contributed by atoms with Crippen LogP contribution in [0, 0.1) is 0 Å². The first-order valence-electron chi connectivity index (χ1n) is 6.90. The number of aliphatic hydroxyl groups excluding tert-OH is 1. The van der Waals surface area contributed by atoms with Gasteiger partial charge in [-0.2, -0.15) is 11.3 Å². The molecule has 6 heteroatoms. The molecule has 0 aliphatic carbocycles. The van der Waals surface area contributed by atoms with Gasteiger partial charge in [0.25, 0.3) is 0 Å². The molecule has 0 radical (unpaired) electrons. The summed E-state index contributed by atoms with van der Waals surface area (Å²) >= 11 is 1.51. The number of nitrogens with one attached hydrogen (secondary N) is 1. The molecule has 1 saturated heterocycles. The van der Waals surface area contributed by atoms with E-state index in [4.69, 9.17) is 0 Å². The Morgan fingerprint density at radius 3 is 2.95 bits per heavy atom. The van der Waals surface area contributed by atoms with Gasteiger partial charge in [0, 0.05) is 19.5 Å². The van der Waals surface area contributed by atoms with Crippen LogP contribution in [0.4, 0.5) is 0 Å². The summed E-state index contributed by atoms with van der Waals surface area (Å²) in [6.45, 7) is 2.72. The lowest BCUT2D eigenvalue weighted by molar-refractivity contribution is -0.137. The second kappa shape index (κ2) is 6.85. The van der Waals surface area contributed by atoms with E-state index in [-0.39, 0.29) is 18.4 Å². The van der Waals surface area contributed by atoms with Crippen molar-refractivity contribution in [2.24, 2.45) is 0 Å². The number of rotatable bonds is 6. The maximum atomic E-state index is 12.2. The number of thiophene rings is 1. The summed E-state index contributed by atoms with van der Waals surface area (Å²) in [5, 5.41) is 16.4. The highest BCUT2D eigenvalue weighted by Gasteiger charge is 2.31. The van der Waals surface area contributed by atoms with E-state index in [1.165, 1.54) is 11.3 Å². The molecule has 1 fully saturated rings. The van der Waals surface area contributed by atoms with Gasteiger partial charge in [0.05, 0.1) is 6.10 Å². The number of hydrogen-bond donors (Lipinski definition) is 2. The van der Waals surface area contributed by atoms with Gasteiger partial charge in [-0.1, -0.05) is 6.92 Å². The highest BCUT2D eigenvalue weighted by atomic mass is 32.1. The van der Waals surface area contributed by atoms with Crippen molar-refractivity contribution >= 4 is 23.2 Å². The third kappa shape index (κ3) is 3.37. The van der Waals surface area contributed by atoms with Crippen LogP contribution in [0.25, 0.3) is 0 Å². The minimum absolute atomic E-state index is 0.0467. The summed E-state index contributed by atoms with van der Waals surface area (Å²) in [6, 6.07) is 1.42. The topological polar surface area (TPSA) is 69.6 Å². The van der Waals surface area contributed by atoms with Crippen molar-refractivity contribution in [1.29, 1.82) is 0 Å². The summed E-state index contributed by atoms with van der Waals surface area (Å²) in [6.07, 6.45) is 1.24. The molecule has 2 unspecified atom stereocenters. The van der Waals surface area contributed by atoms with Crippen molar-refractivity contribution in [3.63, 3.8) is 0 Å². The van der Waals surface area contributed by atoms with Gasteiger partial charge in [-0.3, -0.25) is 9.59 Å². The van der Waals surface area contributed by atoms with Crippen molar-refractivity contribution < 1.29 is 14.7 Å². The molecule has 20 heavy (non-hydrogen) atoms. The Bertz CT molecular complexity index is 461. The number of nitrogens with zero attached hydrogens (tertiary/aromatic N) is 1. The van der Waals surface area contributed by atoms with E-state index < -0.39 is 12.1 Å². The average Bonchev–Trinajstić information content (AvgIpc) is 3.09. The number of aliphatic hydroxyl groups is 1. The van der Waals surface area contributed by atoms with Crippen molar-refractivity contribution in [3.05, 3.63) is 22.4 Å². The van der Waals surface area contributed by atoms with E-state index in [1.54, 1.807) is 4.90 Å². The quantitative estimate of drug-likeness (QED) is 0.831. The van der Waals surface area contributed by atoms with Gasteiger partial charge in [0.15, 0.2) is 0 Å². The van der Waals surface area contributed by atoms with Crippen LogP contribution in [0.5, 0.6) is 0 Å². The summed E-state index contributed by atoms with van der Waals surface area (Å²) < 4.78 is 0. The van der Waals surface area contributed by atoms with E-state index in [2.05, 4.69) is 5.32 Å². The van der Waals surface area contributed by atoms with Crippen LogP contribution < -0.4 is 5.32 Å². The molecular formula is C14H20N2O3S. The Morgan fingerprint density at radius 1 is 1.60 bits per heavy atom. The molecule has 1 aromatic rings. The normalized spacial score (nSPS) is 18.1. The first-order chi connectivity index (χ1) is 9.63. The molecule has 1 aliphatic heterocycles. The smallest absolute Gasteiger partial charge is 0.242 e. The van der Waals surface area contributed by atoms with Crippen LogP contribution in [-0.2, 0) is 9.59 Å². The number of carbonyl (C=O) groups excluding carboxylic acids is 2. The minimum atomic E-state index is -0.697. The minimum Gasteiger partial charge on any atom is -0.387 e. The fourth-order valence-corrected chi connectivity index (χ4v) is 3.15. The number of carbonyl (C=O) groups is 2. The maximum absolute atomic E-state index is 12.2. The molecule has 2 rings (SSSR count). The maximum Gasteiger partial charge on any atom is 0.242 e. The monoisotopic (exact) mass is 296 g/mol. The number of amides is 2. The molecular weight excluding hydrogens is 276 g/mol.